The number of ether oxygens (including phenoxy) is 1. The summed E-state index contributed by atoms with van der Waals surface area (Å²) >= 11 is 0. The molecule has 0 aliphatic heterocycles. The first kappa shape index (κ1) is 19.2. The Morgan fingerprint density at radius 3 is 2.33 bits per heavy atom. The summed E-state index contributed by atoms with van der Waals surface area (Å²) in [5.41, 5.74) is 6.82. The molecule has 0 aromatic heterocycles. The van der Waals surface area contributed by atoms with Gasteiger partial charge in [0.05, 0.1) is 7.11 Å². The molecule has 0 unspecified atom stereocenters. The van der Waals surface area contributed by atoms with Crippen LogP contribution in [0.25, 0.3) is 0 Å². The second-order valence-corrected chi connectivity index (χ2v) is 4.62. The summed E-state index contributed by atoms with van der Waals surface area (Å²) in [6.45, 7) is 0.640. The molecule has 0 saturated heterocycles. The summed E-state index contributed by atoms with van der Waals surface area (Å²) in [5, 5.41) is 2.86. The number of nitrogens with two attached hydrogens (primary N) is 1. The third-order valence-electron chi connectivity index (χ3n) is 2.99. The second-order valence-electron chi connectivity index (χ2n) is 4.62. The van der Waals surface area contributed by atoms with Crippen molar-refractivity contribution in [3.8, 4) is 0 Å². The molecular weight excluding hydrogens is 292 g/mol. The molecule has 0 aliphatic rings. The van der Waals surface area contributed by atoms with Crippen LogP contribution in [0.1, 0.15) is 42.5 Å². The van der Waals surface area contributed by atoms with Gasteiger partial charge in [-0.2, -0.15) is 0 Å². The summed E-state index contributed by atoms with van der Waals surface area (Å²) in [5.74, 6) is -0.249. The Morgan fingerprint density at radius 1 is 1.10 bits per heavy atom. The fraction of sp³-hybridized carbons (Fsp3) is 0.467. The number of benzene rings is 1. The van der Waals surface area contributed by atoms with Crippen molar-refractivity contribution >= 4 is 30.0 Å². The van der Waals surface area contributed by atoms with Crippen molar-refractivity contribution in [3.63, 3.8) is 0 Å². The molecule has 0 atom stereocenters. The number of esters is 1. The van der Waals surface area contributed by atoms with Crippen molar-refractivity contribution in [2.24, 2.45) is 0 Å². The number of unbranched alkanes of at least 4 members (excludes halogenated alkanes) is 3. The van der Waals surface area contributed by atoms with Crippen LogP contribution in [0.5, 0.6) is 0 Å². The average molecular weight is 315 g/mol. The smallest absolute Gasteiger partial charge is 0.305 e. The molecule has 0 spiro atoms. The van der Waals surface area contributed by atoms with E-state index in [1.54, 1.807) is 24.3 Å². The number of nitrogen functional groups attached to an aromatic ring is 1. The lowest BCUT2D eigenvalue weighted by molar-refractivity contribution is -0.140. The van der Waals surface area contributed by atoms with Gasteiger partial charge in [0, 0.05) is 24.2 Å². The first-order chi connectivity index (χ1) is 9.63. The third kappa shape index (κ3) is 8.19. The highest BCUT2D eigenvalue weighted by Gasteiger charge is 2.04. The van der Waals surface area contributed by atoms with Gasteiger partial charge in [-0.1, -0.05) is 12.8 Å². The highest BCUT2D eigenvalue weighted by Crippen LogP contribution is 2.06. The third-order valence-corrected chi connectivity index (χ3v) is 2.99. The van der Waals surface area contributed by atoms with Crippen LogP contribution in [0.4, 0.5) is 5.69 Å². The number of anilines is 1. The number of hydrogen-bond acceptors (Lipinski definition) is 4. The lowest BCUT2D eigenvalue weighted by Gasteiger charge is -2.05. The first-order valence-corrected chi connectivity index (χ1v) is 6.84. The van der Waals surface area contributed by atoms with Crippen molar-refractivity contribution in [3.05, 3.63) is 29.8 Å². The van der Waals surface area contributed by atoms with Crippen LogP contribution in [0.15, 0.2) is 24.3 Å². The zero-order chi connectivity index (χ0) is 14.8. The standard InChI is InChI=1S/C15H22N2O3.ClH/c1-20-14(18)6-4-2-3-5-11-17-15(19)12-7-9-13(16)10-8-12;/h7-10H,2-6,11,16H2,1H3,(H,17,19);1H. The Balaban J connectivity index is 0.00000400. The molecule has 0 radical (unpaired) electrons. The van der Waals surface area contributed by atoms with Gasteiger partial charge >= 0.3 is 5.97 Å². The van der Waals surface area contributed by atoms with Gasteiger partial charge in [-0.25, -0.2) is 0 Å². The summed E-state index contributed by atoms with van der Waals surface area (Å²) in [4.78, 5) is 22.6. The van der Waals surface area contributed by atoms with Crippen molar-refractivity contribution < 1.29 is 14.3 Å². The zero-order valence-electron chi connectivity index (χ0n) is 12.3. The van der Waals surface area contributed by atoms with Crippen LogP contribution in [-0.2, 0) is 9.53 Å². The van der Waals surface area contributed by atoms with Crippen LogP contribution in [-0.4, -0.2) is 25.5 Å². The number of nitrogens with one attached hydrogen (secondary N) is 1. The predicted octanol–water partition coefficient (Wildman–Crippen LogP) is 2.54. The van der Waals surface area contributed by atoms with Crippen LogP contribution < -0.4 is 11.1 Å². The Morgan fingerprint density at radius 2 is 1.71 bits per heavy atom. The molecule has 3 N–H and O–H groups in total. The minimum Gasteiger partial charge on any atom is -0.469 e. The van der Waals surface area contributed by atoms with Gasteiger partial charge in [-0.3, -0.25) is 9.59 Å². The summed E-state index contributed by atoms with van der Waals surface area (Å²) in [6, 6.07) is 6.84. The van der Waals surface area contributed by atoms with Crippen LogP contribution >= 0.6 is 12.4 Å². The highest BCUT2D eigenvalue weighted by molar-refractivity contribution is 5.94. The number of halogens is 1. The molecule has 0 saturated carbocycles. The second kappa shape index (κ2) is 11.0. The Hall–Kier alpha value is -1.75. The topological polar surface area (TPSA) is 81.4 Å². The largest absolute Gasteiger partial charge is 0.469 e. The molecule has 6 heteroatoms. The first-order valence-electron chi connectivity index (χ1n) is 6.84. The maximum absolute atomic E-state index is 11.8. The fourth-order valence-corrected chi connectivity index (χ4v) is 1.79. The minimum atomic E-state index is -0.165. The summed E-state index contributed by atoms with van der Waals surface area (Å²) in [7, 11) is 1.40. The van der Waals surface area contributed by atoms with E-state index in [-0.39, 0.29) is 24.3 Å². The monoisotopic (exact) mass is 314 g/mol. The molecule has 118 valence electrons. The molecule has 21 heavy (non-hydrogen) atoms. The van der Waals surface area contributed by atoms with E-state index in [0.29, 0.717) is 24.2 Å². The molecule has 1 amide bonds. The van der Waals surface area contributed by atoms with Gasteiger partial charge in [-0.15, -0.1) is 12.4 Å². The van der Waals surface area contributed by atoms with Crippen molar-refractivity contribution in [1.29, 1.82) is 0 Å². The van der Waals surface area contributed by atoms with E-state index in [9.17, 15) is 9.59 Å². The SMILES string of the molecule is COC(=O)CCCCCCNC(=O)c1ccc(N)cc1.Cl. The lowest BCUT2D eigenvalue weighted by atomic mass is 10.1. The van der Waals surface area contributed by atoms with E-state index in [0.717, 1.165) is 25.7 Å². The van der Waals surface area contributed by atoms with Crippen molar-refractivity contribution in [1.82, 2.24) is 5.32 Å². The molecule has 1 aromatic rings. The number of carbonyl (C=O) groups excluding carboxylic acids is 2. The quantitative estimate of drug-likeness (QED) is 0.439. The Bertz CT molecular complexity index is 435. The van der Waals surface area contributed by atoms with Gasteiger partial charge in [0.15, 0.2) is 0 Å². The van der Waals surface area contributed by atoms with E-state index in [2.05, 4.69) is 10.1 Å². The highest BCUT2D eigenvalue weighted by atomic mass is 35.5. The Kier molecular flexibility index (Phi) is 10.1. The molecule has 0 aliphatic carbocycles. The molecule has 1 rings (SSSR count). The van der Waals surface area contributed by atoms with E-state index < -0.39 is 0 Å². The maximum Gasteiger partial charge on any atom is 0.305 e. The van der Waals surface area contributed by atoms with Gasteiger partial charge in [0.1, 0.15) is 0 Å². The predicted molar refractivity (Wildman–Crippen MR) is 85.5 cm³/mol. The normalized spacial score (nSPS) is 9.57. The lowest BCUT2D eigenvalue weighted by Crippen LogP contribution is -2.24. The molecule has 0 bridgehead atoms. The summed E-state index contributed by atoms with van der Waals surface area (Å²) in [6.07, 6.45) is 4.15. The maximum atomic E-state index is 11.8. The van der Waals surface area contributed by atoms with E-state index in [1.165, 1.54) is 7.11 Å². The van der Waals surface area contributed by atoms with Gasteiger partial charge < -0.3 is 15.8 Å². The number of amides is 1. The molecule has 1 aromatic carbocycles. The number of carbonyl (C=O) groups is 2. The van der Waals surface area contributed by atoms with Crippen molar-refractivity contribution in [2.75, 3.05) is 19.4 Å². The van der Waals surface area contributed by atoms with Crippen LogP contribution in [0, 0.1) is 0 Å². The minimum absolute atomic E-state index is 0. The van der Waals surface area contributed by atoms with E-state index in [4.69, 9.17) is 5.73 Å². The van der Waals surface area contributed by atoms with E-state index >= 15 is 0 Å². The summed E-state index contributed by atoms with van der Waals surface area (Å²) < 4.78 is 4.56. The van der Waals surface area contributed by atoms with E-state index in [1.807, 2.05) is 0 Å². The molecule has 5 nitrogen and oxygen atoms in total. The zero-order valence-corrected chi connectivity index (χ0v) is 13.1. The number of hydrogen-bond donors (Lipinski definition) is 2. The molecule has 0 heterocycles. The molecular formula is C15H23ClN2O3. The molecule has 0 fully saturated rings. The number of rotatable bonds is 8. The van der Waals surface area contributed by atoms with Gasteiger partial charge in [-0.05, 0) is 37.1 Å². The Labute approximate surface area is 131 Å². The van der Waals surface area contributed by atoms with Crippen LogP contribution in [0.3, 0.4) is 0 Å². The average Bonchev–Trinajstić information content (AvgIpc) is 2.46. The van der Waals surface area contributed by atoms with Crippen LogP contribution in [0.2, 0.25) is 0 Å². The van der Waals surface area contributed by atoms with Crippen molar-refractivity contribution in [2.45, 2.75) is 32.1 Å². The van der Waals surface area contributed by atoms with Gasteiger partial charge in [0.2, 0.25) is 0 Å². The number of methoxy groups -OCH3 is 1. The fourth-order valence-electron chi connectivity index (χ4n) is 1.79. The van der Waals surface area contributed by atoms with Gasteiger partial charge in [0.25, 0.3) is 5.91 Å².